The molecule has 140 valence electrons. The molecular formula is C20H20N2O5. The first-order valence-corrected chi connectivity index (χ1v) is 8.31. The lowest BCUT2D eigenvalue weighted by atomic mass is 10.1. The summed E-state index contributed by atoms with van der Waals surface area (Å²) in [5, 5.41) is 6.72. The molecule has 0 aliphatic rings. The van der Waals surface area contributed by atoms with Gasteiger partial charge in [0.15, 0.2) is 12.4 Å². The normalized spacial score (nSPS) is 10.3. The van der Waals surface area contributed by atoms with E-state index in [1.165, 1.54) is 0 Å². The number of aromatic nitrogens is 1. The number of ether oxygens (including phenoxy) is 3. The second-order valence-corrected chi connectivity index (χ2v) is 5.66. The minimum atomic E-state index is -0.260. The van der Waals surface area contributed by atoms with Crippen LogP contribution in [0.15, 0.2) is 59.1 Å². The Balaban J connectivity index is 1.51. The summed E-state index contributed by atoms with van der Waals surface area (Å²) in [6.07, 6.45) is 0. The van der Waals surface area contributed by atoms with Gasteiger partial charge >= 0.3 is 0 Å². The van der Waals surface area contributed by atoms with E-state index in [4.69, 9.17) is 18.7 Å². The van der Waals surface area contributed by atoms with Crippen molar-refractivity contribution >= 4 is 5.91 Å². The molecule has 1 heterocycles. The summed E-state index contributed by atoms with van der Waals surface area (Å²) >= 11 is 0. The molecule has 0 spiro atoms. The van der Waals surface area contributed by atoms with Gasteiger partial charge < -0.3 is 24.1 Å². The maximum absolute atomic E-state index is 12.0. The summed E-state index contributed by atoms with van der Waals surface area (Å²) in [5.41, 5.74) is 1.46. The summed E-state index contributed by atoms with van der Waals surface area (Å²) in [7, 11) is 3.18. The fourth-order valence-electron chi connectivity index (χ4n) is 2.39. The Morgan fingerprint density at radius 2 is 1.70 bits per heavy atom. The van der Waals surface area contributed by atoms with E-state index in [-0.39, 0.29) is 19.1 Å². The van der Waals surface area contributed by atoms with E-state index in [1.807, 2.05) is 24.3 Å². The van der Waals surface area contributed by atoms with Gasteiger partial charge in [-0.3, -0.25) is 4.79 Å². The molecule has 27 heavy (non-hydrogen) atoms. The van der Waals surface area contributed by atoms with Gasteiger partial charge in [-0.05, 0) is 24.3 Å². The fourth-order valence-corrected chi connectivity index (χ4v) is 2.39. The lowest BCUT2D eigenvalue weighted by Crippen LogP contribution is -2.28. The predicted octanol–water partition coefficient (Wildman–Crippen LogP) is 3.05. The average Bonchev–Trinajstić information content (AvgIpc) is 3.20. The number of hydrogen-bond acceptors (Lipinski definition) is 6. The van der Waals surface area contributed by atoms with Crippen LogP contribution in [0.4, 0.5) is 0 Å². The Hall–Kier alpha value is -3.48. The van der Waals surface area contributed by atoms with Crippen LogP contribution in [0.25, 0.3) is 11.3 Å². The molecule has 0 aliphatic heterocycles. The van der Waals surface area contributed by atoms with Crippen LogP contribution in [0.2, 0.25) is 0 Å². The second-order valence-electron chi connectivity index (χ2n) is 5.66. The smallest absolute Gasteiger partial charge is 0.258 e. The predicted molar refractivity (Wildman–Crippen MR) is 98.8 cm³/mol. The monoisotopic (exact) mass is 368 g/mol. The highest BCUT2D eigenvalue weighted by molar-refractivity contribution is 5.77. The zero-order valence-electron chi connectivity index (χ0n) is 15.1. The van der Waals surface area contributed by atoms with Gasteiger partial charge in [0, 0.05) is 17.7 Å². The molecule has 0 unspecified atom stereocenters. The summed E-state index contributed by atoms with van der Waals surface area (Å²) in [6.45, 7) is 0.140. The number of hydrogen-bond donors (Lipinski definition) is 1. The number of carbonyl (C=O) groups excluding carboxylic acids is 1. The van der Waals surface area contributed by atoms with Crippen molar-refractivity contribution in [2.45, 2.75) is 6.54 Å². The summed E-state index contributed by atoms with van der Waals surface area (Å²) in [6, 6.07) is 16.3. The standard InChI is InChI=1S/C20H20N2O5/c1-24-16-6-3-5-14(9-16)19-10-15(22-27-19)12-21-20(23)13-26-18-8-4-7-17(11-18)25-2/h3-11H,12-13H2,1-2H3,(H,21,23). The number of amides is 1. The van der Waals surface area contributed by atoms with Gasteiger partial charge in [-0.1, -0.05) is 23.4 Å². The number of nitrogens with zero attached hydrogens (tertiary/aromatic N) is 1. The molecule has 0 aliphatic carbocycles. The van der Waals surface area contributed by atoms with Gasteiger partial charge in [-0.25, -0.2) is 0 Å². The van der Waals surface area contributed by atoms with Crippen LogP contribution in [0.1, 0.15) is 5.69 Å². The molecule has 3 rings (SSSR count). The second kappa shape index (κ2) is 8.75. The third-order valence-corrected chi connectivity index (χ3v) is 3.79. The fraction of sp³-hybridized carbons (Fsp3) is 0.200. The Morgan fingerprint density at radius 3 is 2.48 bits per heavy atom. The summed E-state index contributed by atoms with van der Waals surface area (Å²) < 4.78 is 21.1. The maximum Gasteiger partial charge on any atom is 0.258 e. The van der Waals surface area contributed by atoms with Crippen molar-refractivity contribution < 1.29 is 23.5 Å². The van der Waals surface area contributed by atoms with E-state index >= 15 is 0 Å². The highest BCUT2D eigenvalue weighted by Crippen LogP contribution is 2.24. The van der Waals surface area contributed by atoms with Gasteiger partial charge in [-0.2, -0.15) is 0 Å². The molecule has 7 heteroatoms. The maximum atomic E-state index is 12.0. The van der Waals surface area contributed by atoms with Crippen LogP contribution in [-0.2, 0) is 11.3 Å². The third kappa shape index (κ3) is 5.01. The first-order valence-electron chi connectivity index (χ1n) is 8.31. The molecule has 0 saturated heterocycles. The number of nitrogens with one attached hydrogen (secondary N) is 1. The average molecular weight is 368 g/mol. The minimum absolute atomic E-state index is 0.103. The van der Waals surface area contributed by atoms with E-state index in [9.17, 15) is 4.79 Å². The van der Waals surface area contributed by atoms with Gasteiger partial charge in [0.25, 0.3) is 5.91 Å². The molecule has 3 aromatic rings. The Kier molecular flexibility index (Phi) is 5.94. The van der Waals surface area contributed by atoms with E-state index < -0.39 is 0 Å². The zero-order valence-corrected chi connectivity index (χ0v) is 15.1. The highest BCUT2D eigenvalue weighted by Gasteiger charge is 2.09. The van der Waals surface area contributed by atoms with Gasteiger partial charge in [0.05, 0.1) is 20.8 Å². The zero-order chi connectivity index (χ0) is 19.1. The van der Waals surface area contributed by atoms with E-state index in [2.05, 4.69) is 10.5 Å². The number of rotatable bonds is 8. The highest BCUT2D eigenvalue weighted by atomic mass is 16.5. The first kappa shape index (κ1) is 18.3. The third-order valence-electron chi connectivity index (χ3n) is 3.79. The van der Waals surface area contributed by atoms with Crippen molar-refractivity contribution in [3.05, 3.63) is 60.3 Å². The summed E-state index contributed by atoms with van der Waals surface area (Å²) in [5.74, 6) is 2.30. The number of methoxy groups -OCH3 is 2. The van der Waals surface area contributed by atoms with Crippen LogP contribution >= 0.6 is 0 Å². The van der Waals surface area contributed by atoms with Crippen molar-refractivity contribution in [2.24, 2.45) is 0 Å². The molecule has 1 N–H and O–H groups in total. The van der Waals surface area contributed by atoms with E-state index in [1.54, 1.807) is 44.6 Å². The Bertz CT molecular complexity index is 907. The molecular weight excluding hydrogens is 348 g/mol. The molecule has 0 saturated carbocycles. The van der Waals surface area contributed by atoms with Crippen LogP contribution < -0.4 is 19.5 Å². The van der Waals surface area contributed by atoms with Crippen molar-refractivity contribution in [1.82, 2.24) is 10.5 Å². The lowest BCUT2D eigenvalue weighted by molar-refractivity contribution is -0.123. The SMILES string of the molecule is COc1cccc(OCC(=O)NCc2cc(-c3cccc(OC)c3)on2)c1. The van der Waals surface area contributed by atoms with Crippen molar-refractivity contribution in [3.8, 4) is 28.6 Å². The van der Waals surface area contributed by atoms with Gasteiger partial charge in [0.1, 0.15) is 22.9 Å². The summed E-state index contributed by atoms with van der Waals surface area (Å²) in [4.78, 5) is 12.0. The van der Waals surface area contributed by atoms with Gasteiger partial charge in [-0.15, -0.1) is 0 Å². The minimum Gasteiger partial charge on any atom is -0.497 e. The van der Waals surface area contributed by atoms with E-state index in [0.29, 0.717) is 23.0 Å². The molecule has 0 bridgehead atoms. The molecule has 1 aromatic heterocycles. The van der Waals surface area contributed by atoms with Crippen LogP contribution in [0, 0.1) is 0 Å². The Labute approximate surface area is 156 Å². The lowest BCUT2D eigenvalue weighted by Gasteiger charge is -2.07. The van der Waals surface area contributed by atoms with Crippen molar-refractivity contribution in [1.29, 1.82) is 0 Å². The largest absolute Gasteiger partial charge is 0.497 e. The first-order chi connectivity index (χ1) is 13.2. The Morgan fingerprint density at radius 1 is 1.00 bits per heavy atom. The molecule has 2 aromatic carbocycles. The van der Waals surface area contributed by atoms with Crippen LogP contribution in [0.3, 0.4) is 0 Å². The molecule has 0 fully saturated rings. The molecule has 0 atom stereocenters. The number of benzene rings is 2. The molecule has 0 radical (unpaired) electrons. The van der Waals surface area contributed by atoms with Crippen LogP contribution in [-0.4, -0.2) is 31.9 Å². The molecule has 1 amide bonds. The van der Waals surface area contributed by atoms with Crippen molar-refractivity contribution in [3.63, 3.8) is 0 Å². The topological polar surface area (TPSA) is 82.8 Å². The quantitative estimate of drug-likeness (QED) is 0.658. The molecule has 7 nitrogen and oxygen atoms in total. The van der Waals surface area contributed by atoms with Crippen molar-refractivity contribution in [2.75, 3.05) is 20.8 Å². The van der Waals surface area contributed by atoms with E-state index in [0.717, 1.165) is 11.3 Å². The van der Waals surface area contributed by atoms with Gasteiger partial charge in [0.2, 0.25) is 0 Å². The number of carbonyl (C=O) groups is 1. The van der Waals surface area contributed by atoms with Crippen LogP contribution in [0.5, 0.6) is 17.2 Å².